The maximum absolute atomic E-state index is 12.6. The molecule has 132 valence electrons. The molecular weight excluding hydrogens is 361 g/mol. The second-order valence-corrected chi connectivity index (χ2v) is 7.19. The predicted molar refractivity (Wildman–Crippen MR) is 76.9 cm³/mol. The van der Waals surface area contributed by atoms with Crippen molar-refractivity contribution >= 4 is 21.8 Å². The van der Waals surface area contributed by atoms with Crippen LogP contribution in [0.25, 0.3) is 0 Å². The molecule has 2 rings (SSSR count). The molecule has 0 saturated heterocycles. The molecule has 0 aliphatic carbocycles. The Morgan fingerprint density at radius 2 is 1.71 bits per heavy atom. The number of hydrogen-bond donors (Lipinski definition) is 2. The number of rotatable bonds is 3. The Bertz CT molecular complexity index is 878. The van der Waals surface area contributed by atoms with E-state index in [0.29, 0.717) is 12.1 Å². The minimum Gasteiger partial charge on any atom is -0.505 e. The molecule has 1 amide bonds. The fraction of sp³-hybridized carbons (Fsp3) is 0.0833. The fourth-order valence-electron chi connectivity index (χ4n) is 1.73. The van der Waals surface area contributed by atoms with Crippen LogP contribution < -0.4 is 10.9 Å². The van der Waals surface area contributed by atoms with Crippen LogP contribution in [-0.4, -0.2) is 20.8 Å². The van der Waals surface area contributed by atoms with Crippen LogP contribution in [-0.2, 0) is 7.05 Å². The lowest BCUT2D eigenvalue weighted by Crippen LogP contribution is -2.29. The van der Waals surface area contributed by atoms with Crippen molar-refractivity contribution < 1.29 is 29.3 Å². The molecule has 0 fully saturated rings. The van der Waals surface area contributed by atoms with Gasteiger partial charge in [-0.1, -0.05) is 19.4 Å². The van der Waals surface area contributed by atoms with Crippen molar-refractivity contribution in [2.24, 2.45) is 7.05 Å². The number of nitrogens with one attached hydrogen (secondary N) is 1. The molecule has 0 aliphatic rings. The van der Waals surface area contributed by atoms with Gasteiger partial charge >= 0.3 is 10.2 Å². The van der Waals surface area contributed by atoms with Crippen LogP contribution in [0.2, 0.25) is 0 Å². The molecule has 1 aromatic heterocycles. The highest BCUT2D eigenvalue weighted by Crippen LogP contribution is 3.02. The van der Waals surface area contributed by atoms with Crippen LogP contribution in [0.4, 0.5) is 25.1 Å². The molecule has 0 spiro atoms. The van der Waals surface area contributed by atoms with E-state index in [1.165, 1.54) is 7.05 Å². The minimum absolute atomic E-state index is 0.113. The Morgan fingerprint density at radius 1 is 1.17 bits per heavy atom. The van der Waals surface area contributed by atoms with E-state index in [2.05, 4.69) is 5.10 Å². The average molecular weight is 371 g/mol. The maximum Gasteiger partial charge on any atom is 0.310 e. The van der Waals surface area contributed by atoms with E-state index in [1.54, 1.807) is 0 Å². The van der Waals surface area contributed by atoms with Crippen LogP contribution in [0.15, 0.2) is 40.2 Å². The second kappa shape index (κ2) is 4.69. The van der Waals surface area contributed by atoms with Crippen LogP contribution >= 0.6 is 10.2 Å². The van der Waals surface area contributed by atoms with E-state index in [4.69, 9.17) is 0 Å². The number of carbonyl (C=O) groups is 1. The molecule has 1 aromatic carbocycles. The molecule has 24 heavy (non-hydrogen) atoms. The van der Waals surface area contributed by atoms with Gasteiger partial charge in [0.15, 0.2) is 5.75 Å². The van der Waals surface area contributed by atoms with Gasteiger partial charge in [-0.05, 0) is 24.3 Å². The Morgan fingerprint density at radius 3 is 2.21 bits per heavy atom. The number of amides is 1. The first kappa shape index (κ1) is 17.7. The molecule has 2 aromatic rings. The highest BCUT2D eigenvalue weighted by atomic mass is 32.5. The molecule has 2 N–H and O–H groups in total. The van der Waals surface area contributed by atoms with Crippen molar-refractivity contribution in [3.8, 4) is 5.75 Å². The monoisotopic (exact) mass is 371 g/mol. The quantitative estimate of drug-likeness (QED) is 0.810. The van der Waals surface area contributed by atoms with Crippen molar-refractivity contribution in [2.75, 3.05) is 5.32 Å². The van der Waals surface area contributed by atoms with Gasteiger partial charge in [0, 0.05) is 12.7 Å². The van der Waals surface area contributed by atoms with E-state index in [1.807, 2.05) is 5.32 Å². The molecule has 0 aliphatic heterocycles. The molecule has 0 atom stereocenters. The van der Waals surface area contributed by atoms with E-state index < -0.39 is 37.9 Å². The SMILES string of the molecule is Cn1ncc(O)c(C(=O)Nc2ccc(S(F)(F)(F)(F)F)cc2)c1=O. The van der Waals surface area contributed by atoms with Crippen molar-refractivity contribution in [1.82, 2.24) is 9.78 Å². The molecule has 1 heterocycles. The third kappa shape index (κ3) is 3.64. The summed E-state index contributed by atoms with van der Waals surface area (Å²) in [7, 11) is -8.60. The summed E-state index contributed by atoms with van der Waals surface area (Å²) < 4.78 is 63.7. The highest BCUT2D eigenvalue weighted by Gasteiger charge is 2.65. The number of benzene rings is 1. The standard InChI is InChI=1S/C12H10F5N3O3S/c1-20-12(23)10(9(21)6-18-20)11(22)19-7-2-4-8(5-3-7)24(13,14,15,16)17/h2-6,21H,1H3,(H,19,22). The number of carbonyl (C=O) groups excluding carboxylic acids is 1. The van der Waals surface area contributed by atoms with Crippen LogP contribution in [0.5, 0.6) is 5.75 Å². The van der Waals surface area contributed by atoms with Gasteiger partial charge in [0.2, 0.25) is 0 Å². The maximum atomic E-state index is 12.6. The van der Waals surface area contributed by atoms with E-state index in [9.17, 15) is 34.1 Å². The van der Waals surface area contributed by atoms with Gasteiger partial charge in [0.05, 0.1) is 6.20 Å². The first-order valence-electron chi connectivity index (χ1n) is 6.10. The minimum atomic E-state index is -9.81. The third-order valence-electron chi connectivity index (χ3n) is 2.90. The number of aryl methyl sites for hydroxylation is 1. The lowest BCUT2D eigenvalue weighted by molar-refractivity contribution is 0.102. The average Bonchev–Trinajstić information content (AvgIpc) is 2.41. The Kier molecular flexibility index (Phi) is 3.46. The van der Waals surface area contributed by atoms with Gasteiger partial charge in [-0.3, -0.25) is 9.59 Å². The summed E-state index contributed by atoms with van der Waals surface area (Å²) in [5.41, 5.74) is -1.91. The van der Waals surface area contributed by atoms with Gasteiger partial charge in [-0.15, -0.1) is 0 Å². The fourth-order valence-corrected chi connectivity index (χ4v) is 2.38. The zero-order chi connectivity index (χ0) is 18.4. The molecular formula is C12H10F5N3O3S. The zero-order valence-corrected chi connectivity index (χ0v) is 12.7. The second-order valence-electron chi connectivity index (χ2n) is 4.78. The Labute approximate surface area is 131 Å². The summed E-state index contributed by atoms with van der Waals surface area (Å²) in [5, 5.41) is 15.0. The number of anilines is 1. The summed E-state index contributed by atoms with van der Waals surface area (Å²) in [5.74, 6) is -1.87. The highest BCUT2D eigenvalue weighted by molar-refractivity contribution is 8.45. The summed E-state index contributed by atoms with van der Waals surface area (Å²) in [4.78, 5) is 21.6. The van der Waals surface area contributed by atoms with Gasteiger partial charge in [0.1, 0.15) is 10.5 Å². The number of aromatic hydroxyl groups is 1. The van der Waals surface area contributed by atoms with Crippen molar-refractivity contribution in [3.63, 3.8) is 0 Å². The lowest BCUT2D eigenvalue weighted by Gasteiger charge is -2.40. The van der Waals surface area contributed by atoms with Crippen LogP contribution in [0.1, 0.15) is 10.4 Å². The first-order valence-corrected chi connectivity index (χ1v) is 8.05. The molecule has 6 nitrogen and oxygen atoms in total. The first-order chi connectivity index (χ1) is 10.7. The van der Waals surface area contributed by atoms with Gasteiger partial charge in [-0.2, -0.15) is 5.10 Å². The van der Waals surface area contributed by atoms with E-state index >= 15 is 0 Å². The van der Waals surface area contributed by atoms with E-state index in [-0.39, 0.29) is 17.8 Å². The number of nitrogens with zero attached hydrogens (tertiary/aromatic N) is 2. The smallest absolute Gasteiger partial charge is 0.310 e. The largest absolute Gasteiger partial charge is 0.505 e. The summed E-state index contributed by atoms with van der Waals surface area (Å²) >= 11 is 0. The zero-order valence-electron chi connectivity index (χ0n) is 11.8. The van der Waals surface area contributed by atoms with E-state index in [0.717, 1.165) is 10.9 Å². The van der Waals surface area contributed by atoms with Gasteiger partial charge in [0.25, 0.3) is 11.5 Å². The van der Waals surface area contributed by atoms with Gasteiger partial charge in [-0.25, -0.2) is 4.68 Å². The number of hydrogen-bond acceptors (Lipinski definition) is 4. The van der Waals surface area contributed by atoms with Crippen LogP contribution in [0, 0.1) is 0 Å². The molecule has 12 heteroatoms. The Hall–Kier alpha value is -2.63. The summed E-state index contributed by atoms with van der Waals surface area (Å²) in [6.07, 6.45) is 0.827. The molecule has 0 bridgehead atoms. The van der Waals surface area contributed by atoms with Gasteiger partial charge < -0.3 is 10.4 Å². The lowest BCUT2D eigenvalue weighted by atomic mass is 10.2. The molecule has 0 unspecified atom stereocenters. The summed E-state index contributed by atoms with van der Waals surface area (Å²) in [6, 6.07) is 1.44. The predicted octanol–water partition coefficient (Wildman–Crippen LogP) is 3.40. The Balaban J connectivity index is 2.33. The summed E-state index contributed by atoms with van der Waals surface area (Å²) in [6.45, 7) is 0. The normalized spacial score (nSPS) is 14.6. The number of aromatic nitrogens is 2. The number of halogens is 5. The topological polar surface area (TPSA) is 84.2 Å². The van der Waals surface area contributed by atoms with Crippen molar-refractivity contribution in [2.45, 2.75) is 4.90 Å². The van der Waals surface area contributed by atoms with Crippen LogP contribution in [0.3, 0.4) is 0 Å². The third-order valence-corrected chi connectivity index (χ3v) is 4.06. The molecule has 0 radical (unpaired) electrons. The van der Waals surface area contributed by atoms with Crippen molar-refractivity contribution in [1.29, 1.82) is 0 Å². The van der Waals surface area contributed by atoms with Crippen molar-refractivity contribution in [3.05, 3.63) is 46.4 Å². The molecule has 0 saturated carbocycles.